The maximum absolute atomic E-state index is 14.2. The van der Waals surface area contributed by atoms with Crippen molar-refractivity contribution in [1.29, 1.82) is 0 Å². The van der Waals surface area contributed by atoms with E-state index in [1.807, 2.05) is 24.3 Å². The maximum Gasteiger partial charge on any atom is 0.201 e. The van der Waals surface area contributed by atoms with Crippen LogP contribution < -0.4 is 4.74 Å². The Morgan fingerprint density at radius 3 is 2.21 bits per heavy atom. The largest absolute Gasteiger partial charge is 0.494 e. The summed E-state index contributed by atoms with van der Waals surface area (Å²) in [4.78, 5) is 4.12. The topological polar surface area (TPSA) is 21.6 Å². The third-order valence-electron chi connectivity index (χ3n) is 4.91. The van der Waals surface area contributed by atoms with Gasteiger partial charge in [-0.05, 0) is 61.6 Å². The molecule has 126 valence electrons. The van der Waals surface area contributed by atoms with Crippen molar-refractivity contribution < 1.29 is 13.5 Å². The first-order valence-corrected chi connectivity index (χ1v) is 8.22. The molecule has 0 N–H and O–H groups in total. The second-order valence-electron chi connectivity index (χ2n) is 6.25. The number of nitrogens with zero attached hydrogens (tertiary/aromatic N) is 1. The van der Waals surface area contributed by atoms with Gasteiger partial charge in [-0.3, -0.25) is 4.99 Å². The lowest BCUT2D eigenvalue weighted by atomic mass is 9.81. The lowest BCUT2D eigenvalue weighted by molar-refractivity contribution is 0.372. The Kier molecular flexibility index (Phi) is 4.93. The second kappa shape index (κ2) is 7.12. The van der Waals surface area contributed by atoms with Crippen molar-refractivity contribution in [2.45, 2.75) is 37.6 Å². The van der Waals surface area contributed by atoms with E-state index in [4.69, 9.17) is 4.74 Å². The van der Waals surface area contributed by atoms with Crippen molar-refractivity contribution in [3.8, 4) is 16.9 Å². The normalized spacial score (nSPS) is 20.6. The third kappa shape index (κ3) is 3.18. The van der Waals surface area contributed by atoms with E-state index < -0.39 is 11.6 Å². The van der Waals surface area contributed by atoms with Crippen molar-refractivity contribution in [3.05, 3.63) is 53.6 Å². The van der Waals surface area contributed by atoms with Crippen LogP contribution in [0.4, 0.5) is 8.78 Å². The summed E-state index contributed by atoms with van der Waals surface area (Å²) in [5, 5.41) is 0. The molecule has 24 heavy (non-hydrogen) atoms. The van der Waals surface area contributed by atoms with Crippen LogP contribution in [0, 0.1) is 11.6 Å². The third-order valence-corrected chi connectivity index (χ3v) is 4.91. The number of hydrogen-bond acceptors (Lipinski definition) is 2. The Morgan fingerprint density at radius 1 is 0.958 bits per heavy atom. The molecule has 3 rings (SSSR count). The minimum Gasteiger partial charge on any atom is -0.494 e. The molecular weight excluding hydrogens is 308 g/mol. The van der Waals surface area contributed by atoms with Gasteiger partial charge in [0.1, 0.15) is 0 Å². The van der Waals surface area contributed by atoms with Gasteiger partial charge in [0.15, 0.2) is 11.6 Å². The summed E-state index contributed by atoms with van der Waals surface area (Å²) in [6.07, 6.45) is 4.31. The molecule has 1 aliphatic carbocycles. The zero-order valence-electron chi connectivity index (χ0n) is 13.8. The van der Waals surface area contributed by atoms with Crippen LogP contribution in [0.2, 0.25) is 0 Å². The highest BCUT2D eigenvalue weighted by Crippen LogP contribution is 2.35. The summed E-state index contributed by atoms with van der Waals surface area (Å²) in [6.45, 7) is 3.63. The first-order chi connectivity index (χ1) is 11.6. The van der Waals surface area contributed by atoms with Crippen molar-refractivity contribution in [2.24, 2.45) is 4.99 Å². The van der Waals surface area contributed by atoms with Gasteiger partial charge in [0.25, 0.3) is 0 Å². The fourth-order valence-corrected chi connectivity index (χ4v) is 3.44. The second-order valence-corrected chi connectivity index (χ2v) is 6.25. The molecule has 1 saturated carbocycles. The van der Waals surface area contributed by atoms with Crippen molar-refractivity contribution in [2.75, 3.05) is 7.11 Å². The Labute approximate surface area is 141 Å². The summed E-state index contributed by atoms with van der Waals surface area (Å²) >= 11 is 0. The molecule has 0 bridgehead atoms. The van der Waals surface area contributed by atoms with E-state index in [0.717, 1.165) is 25.7 Å². The molecule has 4 heteroatoms. The summed E-state index contributed by atoms with van der Waals surface area (Å²) in [6, 6.07) is 11.1. The van der Waals surface area contributed by atoms with E-state index >= 15 is 0 Å². The van der Waals surface area contributed by atoms with Crippen molar-refractivity contribution >= 4 is 6.72 Å². The lowest BCUT2D eigenvalue weighted by Crippen LogP contribution is -2.15. The number of hydrogen-bond donors (Lipinski definition) is 0. The smallest absolute Gasteiger partial charge is 0.201 e. The molecule has 2 aromatic rings. The average Bonchev–Trinajstić information content (AvgIpc) is 2.64. The number of aliphatic imine (C=N–C) groups is 1. The van der Waals surface area contributed by atoms with E-state index in [9.17, 15) is 8.78 Å². The predicted octanol–water partition coefficient (Wildman–Crippen LogP) is 5.37. The Morgan fingerprint density at radius 2 is 1.62 bits per heavy atom. The molecule has 0 aliphatic heterocycles. The number of halogens is 2. The minimum atomic E-state index is -0.950. The molecular formula is C20H21F2NO. The highest BCUT2D eigenvalue weighted by Gasteiger charge is 2.21. The van der Waals surface area contributed by atoms with E-state index in [2.05, 4.69) is 11.7 Å². The summed E-state index contributed by atoms with van der Waals surface area (Å²) in [7, 11) is 1.32. The van der Waals surface area contributed by atoms with E-state index in [1.54, 1.807) is 6.07 Å². The van der Waals surface area contributed by atoms with Gasteiger partial charge in [-0.2, -0.15) is 4.39 Å². The van der Waals surface area contributed by atoms with Crippen LogP contribution in [-0.4, -0.2) is 19.9 Å². The molecule has 2 aromatic carbocycles. The molecule has 0 amide bonds. The van der Waals surface area contributed by atoms with Gasteiger partial charge in [-0.1, -0.05) is 24.3 Å². The molecule has 0 aromatic heterocycles. The molecule has 1 fully saturated rings. The number of methoxy groups -OCH3 is 1. The van der Waals surface area contributed by atoms with Gasteiger partial charge >= 0.3 is 0 Å². The zero-order chi connectivity index (χ0) is 17.1. The van der Waals surface area contributed by atoms with E-state index in [1.165, 1.54) is 18.7 Å². The summed E-state index contributed by atoms with van der Waals surface area (Å²) < 4.78 is 32.9. The number of ether oxygens (including phenoxy) is 1. The van der Waals surface area contributed by atoms with Gasteiger partial charge in [-0.15, -0.1) is 0 Å². The van der Waals surface area contributed by atoms with Gasteiger partial charge < -0.3 is 4.74 Å². The first kappa shape index (κ1) is 16.6. The Hall–Kier alpha value is -2.23. The molecule has 0 atom stereocenters. The van der Waals surface area contributed by atoms with Crippen LogP contribution in [0.5, 0.6) is 5.75 Å². The summed E-state index contributed by atoms with van der Waals surface area (Å²) in [5.41, 5.74) is 2.16. The minimum absolute atomic E-state index is 0.0829. The number of rotatable bonds is 4. The van der Waals surface area contributed by atoms with Gasteiger partial charge in [0.2, 0.25) is 5.82 Å². The predicted molar refractivity (Wildman–Crippen MR) is 92.9 cm³/mol. The van der Waals surface area contributed by atoms with Crippen LogP contribution in [0.25, 0.3) is 11.1 Å². The van der Waals surface area contributed by atoms with Gasteiger partial charge in [-0.25, -0.2) is 4.39 Å². The quantitative estimate of drug-likeness (QED) is 0.691. The van der Waals surface area contributed by atoms with Gasteiger partial charge in [0.05, 0.1) is 7.11 Å². The SMILES string of the molecule is C=NC1CCC(c2ccc(-c3ccc(OC)c(F)c3F)cc2)CC1. The monoisotopic (exact) mass is 329 g/mol. The summed E-state index contributed by atoms with van der Waals surface area (Å²) in [5.74, 6) is -1.40. The molecule has 0 spiro atoms. The van der Waals surface area contributed by atoms with Crippen molar-refractivity contribution in [1.82, 2.24) is 0 Å². The van der Waals surface area contributed by atoms with Crippen LogP contribution in [0.15, 0.2) is 41.4 Å². The van der Waals surface area contributed by atoms with Crippen LogP contribution in [-0.2, 0) is 0 Å². The molecule has 0 heterocycles. The standard InChI is InChI=1S/C20H21F2NO/c1-23-16-9-7-14(8-10-16)13-3-5-15(6-4-13)17-11-12-18(24-2)20(22)19(17)21/h3-6,11-12,14,16H,1,7-10H2,2H3. The van der Waals surface area contributed by atoms with Gasteiger partial charge in [0, 0.05) is 11.6 Å². The van der Waals surface area contributed by atoms with Crippen LogP contribution >= 0.6 is 0 Å². The fraction of sp³-hybridized carbons (Fsp3) is 0.350. The number of benzene rings is 2. The molecule has 2 nitrogen and oxygen atoms in total. The lowest BCUT2D eigenvalue weighted by Gasteiger charge is -2.26. The average molecular weight is 329 g/mol. The highest BCUT2D eigenvalue weighted by molar-refractivity contribution is 5.65. The molecule has 0 unspecified atom stereocenters. The molecule has 0 saturated heterocycles. The Balaban J connectivity index is 1.80. The van der Waals surface area contributed by atoms with E-state index in [-0.39, 0.29) is 11.3 Å². The van der Waals surface area contributed by atoms with Crippen LogP contribution in [0.1, 0.15) is 37.2 Å². The van der Waals surface area contributed by atoms with Crippen molar-refractivity contribution in [3.63, 3.8) is 0 Å². The molecule has 0 radical (unpaired) electrons. The first-order valence-electron chi connectivity index (χ1n) is 8.22. The Bertz CT molecular complexity index is 719. The zero-order valence-corrected chi connectivity index (χ0v) is 13.8. The fourth-order valence-electron chi connectivity index (χ4n) is 3.44. The highest BCUT2D eigenvalue weighted by atomic mass is 19.2. The maximum atomic E-state index is 14.2. The van der Waals surface area contributed by atoms with Crippen LogP contribution in [0.3, 0.4) is 0 Å². The van der Waals surface area contributed by atoms with E-state index in [0.29, 0.717) is 17.5 Å². The molecule has 1 aliphatic rings.